The van der Waals surface area contributed by atoms with Gasteiger partial charge in [0.25, 0.3) is 0 Å². The molecule has 2 rings (SSSR count). The van der Waals surface area contributed by atoms with Gasteiger partial charge in [-0.3, -0.25) is 4.79 Å². The van der Waals surface area contributed by atoms with E-state index in [1.54, 1.807) is 0 Å². The summed E-state index contributed by atoms with van der Waals surface area (Å²) >= 11 is 0. The van der Waals surface area contributed by atoms with Gasteiger partial charge in [0, 0.05) is 13.1 Å². The molecule has 80 valence electrons. The number of nitrogens with one attached hydrogen (secondary N) is 1. The zero-order valence-electron chi connectivity index (χ0n) is 9.21. The molecule has 1 aliphatic heterocycles. The van der Waals surface area contributed by atoms with Gasteiger partial charge in [0.1, 0.15) is 0 Å². The van der Waals surface area contributed by atoms with Crippen LogP contribution in [0.4, 0.5) is 5.69 Å². The van der Waals surface area contributed by atoms with Crippen LogP contribution in [0.25, 0.3) is 0 Å². The maximum Gasteiger partial charge on any atom is 0.231 e. The lowest BCUT2D eigenvalue weighted by atomic mass is 10.1. The maximum atomic E-state index is 11.8. The van der Waals surface area contributed by atoms with Gasteiger partial charge in [0.15, 0.2) is 0 Å². The lowest BCUT2D eigenvalue weighted by molar-refractivity contribution is -0.117. The molecule has 0 radical (unpaired) electrons. The molecule has 0 bridgehead atoms. The Morgan fingerprint density at radius 2 is 2.27 bits per heavy atom. The van der Waals surface area contributed by atoms with Gasteiger partial charge in [-0.15, -0.1) is 0 Å². The minimum absolute atomic E-state index is 0.217. The second-order valence-corrected chi connectivity index (χ2v) is 3.91. The molecule has 0 spiro atoms. The van der Waals surface area contributed by atoms with Crippen molar-refractivity contribution < 1.29 is 4.79 Å². The molecule has 1 heterocycles. The standard InChI is InChI=1S/C12H16N2O/c1-9-4-3-5-10-8-11(15)14(12(9)10)7-6-13-2/h3-5,13H,6-8H2,1-2H3. The van der Waals surface area contributed by atoms with E-state index in [-0.39, 0.29) is 5.91 Å². The van der Waals surface area contributed by atoms with Gasteiger partial charge in [-0.25, -0.2) is 0 Å². The Balaban J connectivity index is 2.31. The summed E-state index contributed by atoms with van der Waals surface area (Å²) in [6.45, 7) is 3.65. The minimum Gasteiger partial charge on any atom is -0.318 e. The van der Waals surface area contributed by atoms with Crippen LogP contribution in [0.5, 0.6) is 0 Å². The van der Waals surface area contributed by atoms with E-state index in [1.165, 1.54) is 5.56 Å². The molecule has 0 saturated carbocycles. The molecule has 3 nitrogen and oxygen atoms in total. The maximum absolute atomic E-state index is 11.8. The summed E-state index contributed by atoms with van der Waals surface area (Å²) in [4.78, 5) is 13.7. The molecular weight excluding hydrogens is 188 g/mol. The lowest BCUT2D eigenvalue weighted by Gasteiger charge is -2.18. The van der Waals surface area contributed by atoms with Crippen LogP contribution in [-0.4, -0.2) is 26.0 Å². The van der Waals surface area contributed by atoms with Crippen molar-refractivity contribution >= 4 is 11.6 Å². The molecule has 1 aliphatic rings. The number of hydrogen-bond acceptors (Lipinski definition) is 2. The number of hydrogen-bond donors (Lipinski definition) is 1. The quantitative estimate of drug-likeness (QED) is 0.799. The van der Waals surface area contributed by atoms with E-state index < -0.39 is 0 Å². The van der Waals surface area contributed by atoms with Crippen molar-refractivity contribution in [2.75, 3.05) is 25.0 Å². The lowest BCUT2D eigenvalue weighted by Crippen LogP contribution is -2.33. The summed E-state index contributed by atoms with van der Waals surface area (Å²) in [6, 6.07) is 6.12. The van der Waals surface area contributed by atoms with Crippen LogP contribution in [0.1, 0.15) is 11.1 Å². The van der Waals surface area contributed by atoms with Crippen molar-refractivity contribution in [1.82, 2.24) is 5.32 Å². The molecule has 0 atom stereocenters. The third-order valence-electron chi connectivity index (χ3n) is 2.82. The zero-order valence-corrected chi connectivity index (χ0v) is 9.21. The minimum atomic E-state index is 0.217. The number of anilines is 1. The number of carbonyl (C=O) groups excluding carboxylic acids is 1. The van der Waals surface area contributed by atoms with Crippen LogP contribution in [-0.2, 0) is 11.2 Å². The number of benzene rings is 1. The zero-order chi connectivity index (χ0) is 10.8. The highest BCUT2D eigenvalue weighted by atomic mass is 16.2. The van der Waals surface area contributed by atoms with E-state index >= 15 is 0 Å². The third kappa shape index (κ3) is 1.75. The van der Waals surface area contributed by atoms with Crippen LogP contribution in [0.15, 0.2) is 18.2 Å². The van der Waals surface area contributed by atoms with Crippen LogP contribution < -0.4 is 10.2 Å². The monoisotopic (exact) mass is 204 g/mol. The smallest absolute Gasteiger partial charge is 0.231 e. The first kappa shape index (κ1) is 10.2. The summed E-state index contributed by atoms with van der Waals surface area (Å²) < 4.78 is 0. The highest BCUT2D eigenvalue weighted by Crippen LogP contribution is 2.31. The number of rotatable bonds is 3. The van der Waals surface area contributed by atoms with E-state index in [0.29, 0.717) is 6.42 Å². The molecular formula is C12H16N2O. The normalized spacial score (nSPS) is 14.5. The van der Waals surface area contributed by atoms with Crippen molar-refractivity contribution in [3.05, 3.63) is 29.3 Å². The van der Waals surface area contributed by atoms with E-state index in [9.17, 15) is 4.79 Å². The summed E-state index contributed by atoms with van der Waals surface area (Å²) in [6.07, 6.45) is 0.556. The van der Waals surface area contributed by atoms with E-state index in [2.05, 4.69) is 18.3 Å². The highest BCUT2D eigenvalue weighted by Gasteiger charge is 2.27. The molecule has 1 aromatic carbocycles. The highest BCUT2D eigenvalue weighted by molar-refractivity contribution is 6.02. The van der Waals surface area contributed by atoms with Gasteiger partial charge in [0.05, 0.1) is 12.1 Å². The van der Waals surface area contributed by atoms with Gasteiger partial charge >= 0.3 is 0 Å². The number of fused-ring (bicyclic) bond motifs is 1. The van der Waals surface area contributed by atoms with Crippen LogP contribution in [0, 0.1) is 6.92 Å². The molecule has 0 fully saturated rings. The fourth-order valence-corrected chi connectivity index (χ4v) is 2.09. The molecule has 1 amide bonds. The van der Waals surface area contributed by atoms with Crippen LogP contribution in [0.2, 0.25) is 0 Å². The summed E-state index contributed by atoms with van der Waals surface area (Å²) in [5, 5.41) is 3.07. The molecule has 0 aromatic heterocycles. The fourth-order valence-electron chi connectivity index (χ4n) is 2.09. The van der Waals surface area contributed by atoms with Crippen molar-refractivity contribution in [2.24, 2.45) is 0 Å². The fraction of sp³-hybridized carbons (Fsp3) is 0.417. The van der Waals surface area contributed by atoms with Gasteiger partial charge < -0.3 is 10.2 Å². The van der Waals surface area contributed by atoms with Crippen molar-refractivity contribution in [2.45, 2.75) is 13.3 Å². The van der Waals surface area contributed by atoms with Crippen molar-refractivity contribution in [3.8, 4) is 0 Å². The first-order valence-corrected chi connectivity index (χ1v) is 5.27. The van der Waals surface area contributed by atoms with Crippen molar-refractivity contribution in [1.29, 1.82) is 0 Å². The van der Waals surface area contributed by atoms with E-state index in [4.69, 9.17) is 0 Å². The second-order valence-electron chi connectivity index (χ2n) is 3.91. The Morgan fingerprint density at radius 3 is 3.00 bits per heavy atom. The molecule has 3 heteroatoms. The van der Waals surface area contributed by atoms with Gasteiger partial charge in [-0.2, -0.15) is 0 Å². The predicted molar refractivity (Wildman–Crippen MR) is 61.2 cm³/mol. The van der Waals surface area contributed by atoms with E-state index in [0.717, 1.165) is 24.3 Å². The number of likely N-dealkylation sites (N-methyl/N-ethyl adjacent to an activating group) is 1. The predicted octanol–water partition coefficient (Wildman–Crippen LogP) is 1.10. The Morgan fingerprint density at radius 1 is 1.47 bits per heavy atom. The first-order chi connectivity index (χ1) is 7.24. The van der Waals surface area contributed by atoms with Crippen LogP contribution in [0.3, 0.4) is 0 Å². The second kappa shape index (κ2) is 4.03. The SMILES string of the molecule is CNCCN1C(=O)Cc2cccc(C)c21. The average molecular weight is 204 g/mol. The first-order valence-electron chi connectivity index (χ1n) is 5.27. The third-order valence-corrected chi connectivity index (χ3v) is 2.82. The summed E-state index contributed by atoms with van der Waals surface area (Å²) in [7, 11) is 1.90. The Bertz CT molecular complexity index is 387. The molecule has 0 unspecified atom stereocenters. The van der Waals surface area contributed by atoms with Gasteiger partial charge in [-0.1, -0.05) is 18.2 Å². The molecule has 1 aromatic rings. The summed E-state index contributed by atoms with van der Waals surface area (Å²) in [5.74, 6) is 0.217. The van der Waals surface area contributed by atoms with E-state index in [1.807, 2.05) is 24.1 Å². The molecule has 15 heavy (non-hydrogen) atoms. The number of para-hydroxylation sites is 1. The number of amides is 1. The van der Waals surface area contributed by atoms with Gasteiger partial charge in [-0.05, 0) is 25.1 Å². The average Bonchev–Trinajstić information content (AvgIpc) is 2.53. The Labute approximate surface area is 90.1 Å². The molecule has 0 saturated heterocycles. The number of aryl methyl sites for hydroxylation is 1. The van der Waals surface area contributed by atoms with Gasteiger partial charge in [0.2, 0.25) is 5.91 Å². The topological polar surface area (TPSA) is 32.3 Å². The Kier molecular flexibility index (Phi) is 2.73. The summed E-state index contributed by atoms with van der Waals surface area (Å²) in [5.41, 5.74) is 3.48. The Hall–Kier alpha value is -1.35. The number of nitrogens with zero attached hydrogens (tertiary/aromatic N) is 1. The molecule has 1 N–H and O–H groups in total. The number of carbonyl (C=O) groups is 1. The van der Waals surface area contributed by atoms with Crippen LogP contribution >= 0.6 is 0 Å². The van der Waals surface area contributed by atoms with Crippen molar-refractivity contribution in [3.63, 3.8) is 0 Å². The molecule has 0 aliphatic carbocycles. The largest absolute Gasteiger partial charge is 0.318 e.